The number of carbonyl (C=O) groups is 3. The maximum atomic E-state index is 13.6. The van der Waals surface area contributed by atoms with Gasteiger partial charge in [0.25, 0.3) is 11.8 Å². The van der Waals surface area contributed by atoms with E-state index in [1.807, 2.05) is 36.4 Å². The Kier molecular flexibility index (Phi) is 8.43. The molecule has 0 saturated heterocycles. The van der Waals surface area contributed by atoms with Gasteiger partial charge in [0.15, 0.2) is 0 Å². The molecule has 0 bridgehead atoms. The fourth-order valence-electron chi connectivity index (χ4n) is 4.03. The van der Waals surface area contributed by atoms with E-state index >= 15 is 0 Å². The molecule has 2 amide bonds. The Bertz CT molecular complexity index is 1500. The molecule has 1 aromatic heterocycles. The molecule has 2 heterocycles. The summed E-state index contributed by atoms with van der Waals surface area (Å²) < 4.78 is 25.5. The number of hydrogen-bond acceptors (Lipinski definition) is 7. The Balaban J connectivity index is 1.70. The highest BCUT2D eigenvalue weighted by molar-refractivity contribution is 6.19. The maximum absolute atomic E-state index is 13.6. The van der Waals surface area contributed by atoms with Crippen LogP contribution < -0.4 is 0 Å². The van der Waals surface area contributed by atoms with E-state index in [1.165, 1.54) is 19.1 Å². The third-order valence-electron chi connectivity index (χ3n) is 6.00. The number of imide groups is 1. The summed E-state index contributed by atoms with van der Waals surface area (Å²) in [5.41, 5.74) is 2.67. The Labute approximate surface area is 224 Å². The molecule has 0 unspecified atom stereocenters. The summed E-state index contributed by atoms with van der Waals surface area (Å²) in [6.07, 6.45) is 3.31. The Morgan fingerprint density at radius 1 is 1.05 bits per heavy atom. The summed E-state index contributed by atoms with van der Waals surface area (Å²) in [6, 6.07) is 17.1. The number of esters is 1. The second kappa shape index (κ2) is 12.1. The standard InChI is InChI=1S/C29H25FN4O5/c1-19-25(28(36)33(29(37)26(19)17-31)12-13-38-14-15-39-20(2)35)16-22-18-34(24-6-4-3-5-7-24)32-27(22)21-8-10-23(30)11-9-21/h3-11,16,18H,12-15H2,1-2H3/b25-16+. The Morgan fingerprint density at radius 3 is 2.44 bits per heavy atom. The van der Waals surface area contributed by atoms with Crippen LogP contribution in [0.5, 0.6) is 0 Å². The van der Waals surface area contributed by atoms with Gasteiger partial charge < -0.3 is 9.47 Å². The Hall–Kier alpha value is -4.88. The van der Waals surface area contributed by atoms with Crippen LogP contribution in [-0.4, -0.2) is 58.8 Å². The lowest BCUT2D eigenvalue weighted by molar-refractivity contribution is -0.142. The maximum Gasteiger partial charge on any atom is 0.302 e. The van der Waals surface area contributed by atoms with E-state index in [-0.39, 0.29) is 43.1 Å². The van der Waals surface area contributed by atoms with Crippen molar-refractivity contribution in [3.05, 3.63) is 88.9 Å². The van der Waals surface area contributed by atoms with E-state index in [1.54, 1.807) is 36.0 Å². The lowest BCUT2D eigenvalue weighted by atomic mass is 9.93. The van der Waals surface area contributed by atoms with E-state index in [9.17, 15) is 24.0 Å². The van der Waals surface area contributed by atoms with Crippen LogP contribution >= 0.6 is 0 Å². The summed E-state index contributed by atoms with van der Waals surface area (Å²) >= 11 is 0. The summed E-state index contributed by atoms with van der Waals surface area (Å²) in [6.45, 7) is 2.87. The van der Waals surface area contributed by atoms with Crippen LogP contribution in [0.1, 0.15) is 19.4 Å². The number of nitrogens with zero attached hydrogens (tertiary/aromatic N) is 4. The van der Waals surface area contributed by atoms with Gasteiger partial charge in [-0.1, -0.05) is 18.2 Å². The first-order valence-corrected chi connectivity index (χ1v) is 12.1. The van der Waals surface area contributed by atoms with E-state index in [0.29, 0.717) is 16.8 Å². The van der Waals surface area contributed by atoms with Crippen LogP contribution in [0.3, 0.4) is 0 Å². The molecule has 1 aliphatic rings. The lowest BCUT2D eigenvalue weighted by Crippen LogP contribution is -2.44. The first-order chi connectivity index (χ1) is 18.8. The molecule has 39 heavy (non-hydrogen) atoms. The molecule has 0 N–H and O–H groups in total. The van der Waals surface area contributed by atoms with Crippen molar-refractivity contribution in [3.8, 4) is 23.0 Å². The van der Waals surface area contributed by atoms with Crippen LogP contribution in [-0.2, 0) is 23.9 Å². The van der Waals surface area contributed by atoms with Gasteiger partial charge in [-0.25, -0.2) is 9.07 Å². The molecule has 3 aromatic rings. The van der Waals surface area contributed by atoms with E-state index in [0.717, 1.165) is 10.6 Å². The second-order valence-corrected chi connectivity index (χ2v) is 8.60. The summed E-state index contributed by atoms with van der Waals surface area (Å²) in [4.78, 5) is 38.2. The highest BCUT2D eigenvalue weighted by atomic mass is 19.1. The van der Waals surface area contributed by atoms with Crippen molar-refractivity contribution in [1.82, 2.24) is 14.7 Å². The average molecular weight is 529 g/mol. The van der Waals surface area contributed by atoms with Crippen molar-refractivity contribution >= 4 is 23.9 Å². The molecule has 0 aliphatic carbocycles. The lowest BCUT2D eigenvalue weighted by Gasteiger charge is -2.27. The van der Waals surface area contributed by atoms with Crippen molar-refractivity contribution in [2.75, 3.05) is 26.4 Å². The third-order valence-corrected chi connectivity index (χ3v) is 6.00. The van der Waals surface area contributed by atoms with Gasteiger partial charge in [0.2, 0.25) is 0 Å². The van der Waals surface area contributed by atoms with Gasteiger partial charge in [-0.05, 0) is 55.0 Å². The number of para-hydroxylation sites is 1. The molecular weight excluding hydrogens is 503 g/mol. The van der Waals surface area contributed by atoms with Crippen molar-refractivity contribution < 1.29 is 28.2 Å². The molecule has 9 nitrogen and oxygen atoms in total. The summed E-state index contributed by atoms with van der Waals surface area (Å²) in [5, 5.41) is 14.4. The first kappa shape index (κ1) is 27.2. The fourth-order valence-corrected chi connectivity index (χ4v) is 4.03. The monoisotopic (exact) mass is 528 g/mol. The number of amides is 2. The van der Waals surface area contributed by atoms with Crippen molar-refractivity contribution in [1.29, 1.82) is 5.26 Å². The smallest absolute Gasteiger partial charge is 0.302 e. The topological polar surface area (TPSA) is 115 Å². The minimum Gasteiger partial charge on any atom is -0.463 e. The van der Waals surface area contributed by atoms with Crippen molar-refractivity contribution in [3.63, 3.8) is 0 Å². The minimum absolute atomic E-state index is 0.00342. The molecule has 0 atom stereocenters. The number of benzene rings is 2. The van der Waals surface area contributed by atoms with Gasteiger partial charge >= 0.3 is 5.97 Å². The summed E-state index contributed by atoms with van der Waals surface area (Å²) in [5.74, 6) is -2.13. The average Bonchev–Trinajstić information content (AvgIpc) is 3.35. The normalized spacial score (nSPS) is 14.6. The minimum atomic E-state index is -0.709. The van der Waals surface area contributed by atoms with E-state index < -0.39 is 23.6 Å². The van der Waals surface area contributed by atoms with Gasteiger partial charge in [0, 0.05) is 29.8 Å². The number of carbonyl (C=O) groups excluding carboxylic acids is 3. The van der Waals surface area contributed by atoms with Crippen LogP contribution in [0.25, 0.3) is 23.0 Å². The molecule has 0 radical (unpaired) electrons. The molecule has 0 saturated carbocycles. The highest BCUT2D eigenvalue weighted by Crippen LogP contribution is 2.31. The van der Waals surface area contributed by atoms with Crippen LogP contribution in [0.15, 0.2) is 77.5 Å². The number of rotatable bonds is 9. The third kappa shape index (κ3) is 6.17. The van der Waals surface area contributed by atoms with Gasteiger partial charge in [-0.15, -0.1) is 0 Å². The predicted molar refractivity (Wildman–Crippen MR) is 139 cm³/mol. The largest absolute Gasteiger partial charge is 0.463 e. The molecule has 0 spiro atoms. The second-order valence-electron chi connectivity index (χ2n) is 8.60. The van der Waals surface area contributed by atoms with Crippen molar-refractivity contribution in [2.45, 2.75) is 13.8 Å². The zero-order valence-electron chi connectivity index (χ0n) is 21.4. The van der Waals surface area contributed by atoms with Gasteiger partial charge in [0.05, 0.1) is 31.1 Å². The van der Waals surface area contributed by atoms with Crippen LogP contribution in [0.2, 0.25) is 0 Å². The molecule has 4 rings (SSSR count). The number of ether oxygens (including phenoxy) is 2. The zero-order chi connectivity index (χ0) is 27.9. The first-order valence-electron chi connectivity index (χ1n) is 12.1. The van der Waals surface area contributed by atoms with E-state index in [2.05, 4.69) is 5.10 Å². The highest BCUT2D eigenvalue weighted by Gasteiger charge is 2.35. The number of nitriles is 1. The van der Waals surface area contributed by atoms with Crippen LogP contribution in [0, 0.1) is 17.1 Å². The SMILES string of the molecule is CC(=O)OCCOCCN1C(=O)C(C#N)=C(C)/C(=C\c2cn(-c3ccccc3)nc2-c2ccc(F)cc2)C1=O. The quantitative estimate of drug-likeness (QED) is 0.179. The van der Waals surface area contributed by atoms with Crippen LogP contribution in [0.4, 0.5) is 4.39 Å². The Morgan fingerprint density at radius 2 is 1.77 bits per heavy atom. The van der Waals surface area contributed by atoms with Gasteiger partial charge in [-0.2, -0.15) is 10.4 Å². The molecule has 198 valence electrons. The zero-order valence-corrected chi connectivity index (χ0v) is 21.4. The molecule has 1 aliphatic heterocycles. The number of aromatic nitrogens is 2. The molecular formula is C29H25FN4O5. The van der Waals surface area contributed by atoms with Gasteiger partial charge in [0.1, 0.15) is 24.1 Å². The molecule has 0 fully saturated rings. The van der Waals surface area contributed by atoms with E-state index in [4.69, 9.17) is 9.47 Å². The predicted octanol–water partition coefficient (Wildman–Crippen LogP) is 3.85. The number of halogens is 1. The summed E-state index contributed by atoms with van der Waals surface area (Å²) in [7, 11) is 0. The van der Waals surface area contributed by atoms with Crippen molar-refractivity contribution in [2.24, 2.45) is 0 Å². The fraction of sp³-hybridized carbons (Fsp3) is 0.207. The molecule has 10 heteroatoms. The number of hydrogen-bond donors (Lipinski definition) is 0. The molecule has 2 aromatic carbocycles. The van der Waals surface area contributed by atoms with Gasteiger partial charge in [-0.3, -0.25) is 19.3 Å².